The molecule has 29 heavy (non-hydrogen) atoms. The van der Waals surface area contributed by atoms with Crippen LogP contribution in [-0.4, -0.2) is 43.3 Å². The number of fused-ring (bicyclic) bond motifs is 1. The first-order chi connectivity index (χ1) is 14.1. The van der Waals surface area contributed by atoms with Crippen molar-refractivity contribution in [2.45, 2.75) is 44.3 Å². The Kier molecular flexibility index (Phi) is 4.19. The molecule has 8 nitrogen and oxygen atoms in total. The lowest BCUT2D eigenvalue weighted by Crippen LogP contribution is -2.42. The summed E-state index contributed by atoms with van der Waals surface area (Å²) in [7, 11) is 0. The van der Waals surface area contributed by atoms with E-state index in [2.05, 4.69) is 20.6 Å². The van der Waals surface area contributed by atoms with Gasteiger partial charge in [0.2, 0.25) is 5.91 Å². The number of amides is 3. The smallest absolute Gasteiger partial charge is 0.319 e. The van der Waals surface area contributed by atoms with Gasteiger partial charge in [-0.25, -0.2) is 9.78 Å². The maximum absolute atomic E-state index is 12.7. The number of nitrogens with zero attached hydrogens (tertiary/aromatic N) is 4. The minimum Gasteiger partial charge on any atom is -0.332 e. The van der Waals surface area contributed by atoms with Gasteiger partial charge in [-0.1, -0.05) is 6.07 Å². The molecule has 148 valence electrons. The van der Waals surface area contributed by atoms with Crippen molar-refractivity contribution in [3.05, 3.63) is 60.3 Å². The summed E-state index contributed by atoms with van der Waals surface area (Å²) in [5, 5.41) is 5.91. The van der Waals surface area contributed by atoms with Crippen LogP contribution in [0.25, 0.3) is 5.65 Å². The summed E-state index contributed by atoms with van der Waals surface area (Å²) in [6.07, 6.45) is 11.2. The largest absolute Gasteiger partial charge is 0.332 e. The predicted molar refractivity (Wildman–Crippen MR) is 107 cm³/mol. The molecule has 0 spiro atoms. The molecule has 0 bridgehead atoms. The minimum atomic E-state index is -0.326. The summed E-state index contributed by atoms with van der Waals surface area (Å²) >= 11 is 0. The van der Waals surface area contributed by atoms with Crippen molar-refractivity contribution < 1.29 is 9.59 Å². The number of hydrogen-bond donors (Lipinski definition) is 2. The fraction of sp³-hybridized carbons (Fsp3) is 0.333. The van der Waals surface area contributed by atoms with Crippen molar-refractivity contribution in [2.75, 3.05) is 5.32 Å². The van der Waals surface area contributed by atoms with Crippen molar-refractivity contribution in [3.8, 4) is 0 Å². The predicted octanol–water partition coefficient (Wildman–Crippen LogP) is 2.66. The van der Waals surface area contributed by atoms with Gasteiger partial charge < -0.3 is 19.9 Å². The van der Waals surface area contributed by atoms with Crippen LogP contribution in [0.4, 0.5) is 10.5 Å². The molecule has 3 amide bonds. The summed E-state index contributed by atoms with van der Waals surface area (Å²) in [4.78, 5) is 35.8. The van der Waals surface area contributed by atoms with E-state index in [0.717, 1.165) is 29.6 Å². The third-order valence-electron chi connectivity index (χ3n) is 5.58. The van der Waals surface area contributed by atoms with Gasteiger partial charge in [-0.15, -0.1) is 0 Å². The van der Waals surface area contributed by atoms with E-state index in [1.54, 1.807) is 18.6 Å². The molecule has 2 fully saturated rings. The number of likely N-dealkylation sites (tertiary alicyclic amines) is 1. The first kappa shape index (κ1) is 17.7. The molecule has 0 unspecified atom stereocenters. The van der Waals surface area contributed by atoms with Crippen LogP contribution in [0.1, 0.15) is 36.4 Å². The molecule has 2 N–H and O–H groups in total. The summed E-state index contributed by atoms with van der Waals surface area (Å²) in [5.41, 5.74) is 3.45. The first-order valence-corrected chi connectivity index (χ1v) is 9.82. The van der Waals surface area contributed by atoms with Crippen LogP contribution >= 0.6 is 0 Å². The minimum absolute atomic E-state index is 0.0855. The van der Waals surface area contributed by atoms with Crippen LogP contribution in [0.2, 0.25) is 0 Å². The number of pyridine rings is 2. The Morgan fingerprint density at radius 2 is 2.14 bits per heavy atom. The number of rotatable bonds is 4. The van der Waals surface area contributed by atoms with Crippen molar-refractivity contribution in [1.82, 2.24) is 24.6 Å². The number of carbonyl (C=O) groups excluding carboxylic acids is 2. The van der Waals surface area contributed by atoms with Crippen molar-refractivity contribution >= 4 is 23.3 Å². The second-order valence-electron chi connectivity index (χ2n) is 7.74. The number of aryl methyl sites for hydroxylation is 1. The fourth-order valence-electron chi connectivity index (χ4n) is 4.22. The third kappa shape index (κ3) is 3.30. The SMILES string of the molecule is Cc1cc(NC(=O)N[C@@H]2CC(=O)N(C3CC3)[C@H]2c2cccnc2)cn2ccnc12. The van der Waals surface area contributed by atoms with Crippen LogP contribution in [-0.2, 0) is 4.79 Å². The molecular formula is C21H22N6O2. The summed E-state index contributed by atoms with van der Waals surface area (Å²) in [6.45, 7) is 1.95. The molecule has 5 rings (SSSR count). The maximum atomic E-state index is 12.7. The van der Waals surface area contributed by atoms with Gasteiger partial charge in [0.1, 0.15) is 5.65 Å². The monoisotopic (exact) mass is 390 g/mol. The summed E-state index contributed by atoms with van der Waals surface area (Å²) in [5.74, 6) is 0.0855. The van der Waals surface area contributed by atoms with Crippen molar-refractivity contribution in [3.63, 3.8) is 0 Å². The van der Waals surface area contributed by atoms with E-state index in [4.69, 9.17) is 0 Å². The highest BCUT2D eigenvalue weighted by Gasteiger charge is 2.47. The molecule has 1 saturated carbocycles. The Hall–Kier alpha value is -3.42. The average Bonchev–Trinajstić information content (AvgIpc) is 3.32. The lowest BCUT2D eigenvalue weighted by atomic mass is 10.0. The van der Waals surface area contributed by atoms with Gasteiger partial charge in [-0.05, 0) is 43.0 Å². The average molecular weight is 390 g/mol. The van der Waals surface area contributed by atoms with Crippen LogP contribution in [0, 0.1) is 6.92 Å². The van der Waals surface area contributed by atoms with Gasteiger partial charge >= 0.3 is 6.03 Å². The molecule has 8 heteroatoms. The Bertz CT molecular complexity index is 1080. The quantitative estimate of drug-likeness (QED) is 0.716. The molecule has 2 atom stereocenters. The zero-order valence-corrected chi connectivity index (χ0v) is 16.1. The highest BCUT2D eigenvalue weighted by atomic mass is 16.2. The second-order valence-corrected chi connectivity index (χ2v) is 7.74. The zero-order valence-electron chi connectivity index (χ0n) is 16.1. The van der Waals surface area contributed by atoms with Gasteiger partial charge in [0.05, 0.1) is 17.8 Å². The van der Waals surface area contributed by atoms with Gasteiger partial charge in [0.25, 0.3) is 0 Å². The number of carbonyl (C=O) groups is 2. The lowest BCUT2D eigenvalue weighted by molar-refractivity contribution is -0.129. The Morgan fingerprint density at radius 1 is 1.28 bits per heavy atom. The van der Waals surface area contributed by atoms with Crippen LogP contribution in [0.15, 0.2) is 49.2 Å². The molecule has 2 aliphatic rings. The number of imidazole rings is 1. The highest BCUT2D eigenvalue weighted by Crippen LogP contribution is 2.41. The summed E-state index contributed by atoms with van der Waals surface area (Å²) in [6, 6.07) is 5.18. The Balaban J connectivity index is 1.36. The van der Waals surface area contributed by atoms with Gasteiger partial charge in [0, 0.05) is 43.4 Å². The topological polar surface area (TPSA) is 91.6 Å². The van der Waals surface area contributed by atoms with Gasteiger partial charge in [-0.2, -0.15) is 0 Å². The van der Waals surface area contributed by atoms with E-state index < -0.39 is 0 Å². The van der Waals surface area contributed by atoms with Gasteiger partial charge in [-0.3, -0.25) is 9.78 Å². The third-order valence-corrected chi connectivity index (χ3v) is 5.58. The molecular weight excluding hydrogens is 368 g/mol. The summed E-state index contributed by atoms with van der Waals surface area (Å²) < 4.78 is 1.87. The Morgan fingerprint density at radius 3 is 2.90 bits per heavy atom. The molecule has 0 aromatic carbocycles. The standard InChI is InChI=1S/C21H22N6O2/c1-13-9-15(12-26-8-7-23-20(13)26)24-21(29)25-17-10-18(28)27(16-4-5-16)19(17)14-3-2-6-22-11-14/h2-3,6-9,11-12,16-17,19H,4-5,10H2,1H3,(H2,24,25,29)/t17-,19+/m1/s1. The molecule has 1 saturated heterocycles. The van der Waals surface area contributed by atoms with E-state index in [1.165, 1.54) is 0 Å². The number of hydrogen-bond acceptors (Lipinski definition) is 4. The fourth-order valence-corrected chi connectivity index (χ4v) is 4.22. The van der Waals surface area contributed by atoms with Crippen LogP contribution in [0.3, 0.4) is 0 Å². The number of anilines is 1. The lowest BCUT2D eigenvalue weighted by Gasteiger charge is -2.28. The number of nitrogens with one attached hydrogen (secondary N) is 2. The van der Waals surface area contributed by atoms with E-state index in [0.29, 0.717) is 12.1 Å². The molecule has 3 aromatic heterocycles. The van der Waals surface area contributed by atoms with Crippen molar-refractivity contribution in [2.24, 2.45) is 0 Å². The van der Waals surface area contributed by atoms with E-state index in [9.17, 15) is 9.59 Å². The van der Waals surface area contributed by atoms with Crippen LogP contribution in [0.5, 0.6) is 0 Å². The molecule has 1 aliphatic heterocycles. The van der Waals surface area contributed by atoms with Crippen molar-refractivity contribution in [1.29, 1.82) is 0 Å². The maximum Gasteiger partial charge on any atom is 0.319 e. The first-order valence-electron chi connectivity index (χ1n) is 9.82. The molecule has 4 heterocycles. The van der Waals surface area contributed by atoms with Crippen LogP contribution < -0.4 is 10.6 Å². The number of urea groups is 1. The van der Waals surface area contributed by atoms with Gasteiger partial charge in [0.15, 0.2) is 0 Å². The normalized spacial score (nSPS) is 21.6. The van der Waals surface area contributed by atoms with E-state index in [-0.39, 0.29) is 30.1 Å². The Labute approximate surface area is 168 Å². The molecule has 1 aliphatic carbocycles. The number of aromatic nitrogens is 3. The zero-order chi connectivity index (χ0) is 20.0. The molecule has 0 radical (unpaired) electrons. The van der Waals surface area contributed by atoms with E-state index >= 15 is 0 Å². The van der Waals surface area contributed by atoms with E-state index in [1.807, 2.05) is 46.8 Å². The molecule has 3 aromatic rings. The second kappa shape index (κ2) is 6.88. The highest BCUT2D eigenvalue weighted by molar-refractivity contribution is 5.91.